The highest BCUT2D eigenvalue weighted by molar-refractivity contribution is 5.92. The topological polar surface area (TPSA) is 26.3 Å². The lowest BCUT2D eigenvalue weighted by atomic mass is 10.0. The molecule has 2 nitrogen and oxygen atoms in total. The van der Waals surface area contributed by atoms with Crippen LogP contribution in [0, 0.1) is 0 Å². The summed E-state index contributed by atoms with van der Waals surface area (Å²) in [5.41, 5.74) is 2.07. The molecule has 84 valence electrons. The summed E-state index contributed by atoms with van der Waals surface area (Å²) in [6.45, 7) is 5.70. The maximum Gasteiger partial charge on any atom is 0.152 e. The molecular formula is C14H16O2. The molecule has 0 amide bonds. The Labute approximate surface area is 95.9 Å². The standard InChI is InChI=1S/C14H16O2/c1-10(15)7-8-11-5-4-6-12-9-14(2,3)16-13(11)12/h4-8H,9H2,1-3H3. The minimum absolute atomic E-state index is 0.0508. The average molecular weight is 216 g/mol. The fraction of sp³-hybridized carbons (Fsp3) is 0.357. The first kappa shape index (κ1) is 10.9. The number of ether oxygens (including phenoxy) is 1. The highest BCUT2D eigenvalue weighted by Crippen LogP contribution is 2.37. The fourth-order valence-electron chi connectivity index (χ4n) is 1.98. The van der Waals surface area contributed by atoms with Crippen LogP contribution in [0.5, 0.6) is 5.75 Å². The summed E-state index contributed by atoms with van der Waals surface area (Å²) in [6.07, 6.45) is 4.32. The highest BCUT2D eigenvalue weighted by atomic mass is 16.5. The van der Waals surface area contributed by atoms with E-state index < -0.39 is 0 Å². The molecule has 0 saturated heterocycles. The van der Waals surface area contributed by atoms with Crippen molar-refractivity contribution in [3.05, 3.63) is 35.4 Å². The Morgan fingerprint density at radius 1 is 1.44 bits per heavy atom. The molecule has 0 atom stereocenters. The van der Waals surface area contributed by atoms with E-state index in [9.17, 15) is 4.79 Å². The van der Waals surface area contributed by atoms with Crippen LogP contribution in [0.3, 0.4) is 0 Å². The quantitative estimate of drug-likeness (QED) is 0.710. The van der Waals surface area contributed by atoms with Crippen LogP contribution in [0.25, 0.3) is 6.08 Å². The largest absolute Gasteiger partial charge is 0.487 e. The fourth-order valence-corrected chi connectivity index (χ4v) is 1.98. The van der Waals surface area contributed by atoms with Gasteiger partial charge in [-0.2, -0.15) is 0 Å². The lowest BCUT2D eigenvalue weighted by molar-refractivity contribution is -0.112. The molecule has 0 saturated carbocycles. The van der Waals surface area contributed by atoms with Gasteiger partial charge in [-0.15, -0.1) is 0 Å². The van der Waals surface area contributed by atoms with Crippen LogP contribution in [0.15, 0.2) is 24.3 Å². The number of para-hydroxylation sites is 1. The van der Waals surface area contributed by atoms with Crippen molar-refractivity contribution in [2.24, 2.45) is 0 Å². The summed E-state index contributed by atoms with van der Waals surface area (Å²) in [5, 5.41) is 0. The van der Waals surface area contributed by atoms with Crippen LogP contribution in [0.1, 0.15) is 31.9 Å². The predicted molar refractivity (Wildman–Crippen MR) is 64.6 cm³/mol. The van der Waals surface area contributed by atoms with Gasteiger partial charge in [0, 0.05) is 12.0 Å². The van der Waals surface area contributed by atoms with Gasteiger partial charge in [-0.3, -0.25) is 4.79 Å². The molecule has 1 aliphatic rings. The van der Waals surface area contributed by atoms with Crippen molar-refractivity contribution in [3.8, 4) is 5.75 Å². The van der Waals surface area contributed by atoms with E-state index in [0.717, 1.165) is 17.7 Å². The number of hydrogen-bond donors (Lipinski definition) is 0. The Hall–Kier alpha value is -1.57. The van der Waals surface area contributed by atoms with Gasteiger partial charge in [0.05, 0.1) is 0 Å². The van der Waals surface area contributed by atoms with E-state index in [-0.39, 0.29) is 11.4 Å². The molecule has 1 heterocycles. The van der Waals surface area contributed by atoms with Crippen LogP contribution in [0.4, 0.5) is 0 Å². The lowest BCUT2D eigenvalue weighted by Gasteiger charge is -2.17. The van der Waals surface area contributed by atoms with Gasteiger partial charge in [0.25, 0.3) is 0 Å². The van der Waals surface area contributed by atoms with Crippen LogP contribution in [-0.4, -0.2) is 11.4 Å². The van der Waals surface area contributed by atoms with Crippen LogP contribution >= 0.6 is 0 Å². The zero-order chi connectivity index (χ0) is 11.8. The number of ketones is 1. The zero-order valence-electron chi connectivity index (χ0n) is 9.91. The van der Waals surface area contributed by atoms with Crippen molar-refractivity contribution in [3.63, 3.8) is 0 Å². The van der Waals surface area contributed by atoms with Crippen molar-refractivity contribution in [2.75, 3.05) is 0 Å². The first-order valence-electron chi connectivity index (χ1n) is 5.47. The Bertz CT molecular complexity index is 456. The van der Waals surface area contributed by atoms with Gasteiger partial charge < -0.3 is 4.74 Å². The third-order valence-corrected chi connectivity index (χ3v) is 2.62. The number of benzene rings is 1. The van der Waals surface area contributed by atoms with Gasteiger partial charge in [-0.05, 0) is 38.5 Å². The molecule has 1 aromatic rings. The number of rotatable bonds is 2. The third-order valence-electron chi connectivity index (χ3n) is 2.62. The van der Waals surface area contributed by atoms with Crippen molar-refractivity contribution < 1.29 is 9.53 Å². The summed E-state index contributed by atoms with van der Waals surface area (Å²) >= 11 is 0. The van der Waals surface area contributed by atoms with Crippen molar-refractivity contribution >= 4 is 11.9 Å². The number of carbonyl (C=O) groups is 1. The molecule has 2 heteroatoms. The number of carbonyl (C=O) groups excluding carboxylic acids is 1. The summed E-state index contributed by atoms with van der Waals surface area (Å²) in [7, 11) is 0. The van der Waals surface area contributed by atoms with Crippen LogP contribution < -0.4 is 4.74 Å². The van der Waals surface area contributed by atoms with Crippen molar-refractivity contribution in [2.45, 2.75) is 32.8 Å². The Balaban J connectivity index is 2.37. The van der Waals surface area contributed by atoms with Crippen molar-refractivity contribution in [1.82, 2.24) is 0 Å². The number of fused-ring (bicyclic) bond motifs is 1. The lowest BCUT2D eigenvalue weighted by Crippen LogP contribution is -2.24. The number of allylic oxidation sites excluding steroid dienone is 1. The van der Waals surface area contributed by atoms with Crippen LogP contribution in [0.2, 0.25) is 0 Å². The summed E-state index contributed by atoms with van der Waals surface area (Å²) < 4.78 is 5.90. The number of hydrogen-bond acceptors (Lipinski definition) is 2. The second-order valence-electron chi connectivity index (χ2n) is 4.82. The average Bonchev–Trinajstić information content (AvgIpc) is 2.48. The van der Waals surface area contributed by atoms with Gasteiger partial charge in [-0.1, -0.05) is 18.2 Å². The molecular weight excluding hydrogens is 200 g/mol. The Morgan fingerprint density at radius 3 is 2.88 bits per heavy atom. The molecule has 0 aliphatic carbocycles. The molecule has 0 radical (unpaired) electrons. The van der Waals surface area contributed by atoms with Gasteiger partial charge in [0.1, 0.15) is 11.4 Å². The maximum atomic E-state index is 10.9. The van der Waals surface area contributed by atoms with Crippen molar-refractivity contribution in [1.29, 1.82) is 0 Å². The van der Waals surface area contributed by atoms with Gasteiger partial charge in [0.2, 0.25) is 0 Å². The van der Waals surface area contributed by atoms with Gasteiger partial charge in [-0.25, -0.2) is 0 Å². The molecule has 0 bridgehead atoms. The summed E-state index contributed by atoms with van der Waals surface area (Å²) in [4.78, 5) is 10.9. The third kappa shape index (κ3) is 2.16. The molecule has 0 unspecified atom stereocenters. The van der Waals surface area contributed by atoms with Gasteiger partial charge in [0.15, 0.2) is 5.78 Å². The van der Waals surface area contributed by atoms with E-state index in [1.165, 1.54) is 5.56 Å². The Morgan fingerprint density at radius 2 is 2.19 bits per heavy atom. The minimum Gasteiger partial charge on any atom is -0.487 e. The predicted octanol–water partition coefficient (Wildman–Crippen LogP) is 3.00. The SMILES string of the molecule is CC(=O)C=Cc1cccc2c1OC(C)(C)C2. The van der Waals surface area contributed by atoms with E-state index in [2.05, 4.69) is 19.9 Å². The van der Waals surface area contributed by atoms with E-state index in [0.29, 0.717) is 0 Å². The van der Waals surface area contributed by atoms with E-state index >= 15 is 0 Å². The highest BCUT2D eigenvalue weighted by Gasteiger charge is 2.30. The Kier molecular flexibility index (Phi) is 2.58. The van der Waals surface area contributed by atoms with Gasteiger partial charge >= 0.3 is 0 Å². The normalized spacial score (nSPS) is 17.2. The molecule has 0 N–H and O–H groups in total. The molecule has 1 aromatic carbocycles. The first-order valence-corrected chi connectivity index (χ1v) is 5.47. The zero-order valence-corrected chi connectivity index (χ0v) is 9.91. The smallest absolute Gasteiger partial charge is 0.152 e. The minimum atomic E-state index is -0.136. The first-order chi connectivity index (χ1) is 7.48. The molecule has 0 spiro atoms. The maximum absolute atomic E-state index is 10.9. The molecule has 16 heavy (non-hydrogen) atoms. The molecule has 2 rings (SSSR count). The van der Waals surface area contributed by atoms with Crippen LogP contribution in [-0.2, 0) is 11.2 Å². The molecule has 0 fully saturated rings. The molecule has 1 aliphatic heterocycles. The van der Waals surface area contributed by atoms with E-state index in [1.807, 2.05) is 18.2 Å². The second-order valence-corrected chi connectivity index (χ2v) is 4.82. The van der Waals surface area contributed by atoms with E-state index in [4.69, 9.17) is 4.74 Å². The van der Waals surface area contributed by atoms with E-state index in [1.54, 1.807) is 13.0 Å². The summed E-state index contributed by atoms with van der Waals surface area (Å²) in [6, 6.07) is 6.05. The molecule has 0 aromatic heterocycles. The monoisotopic (exact) mass is 216 g/mol. The summed E-state index contributed by atoms with van der Waals surface area (Å²) in [5.74, 6) is 0.972. The second kappa shape index (κ2) is 3.78.